The third-order valence-corrected chi connectivity index (χ3v) is 4.76. The van der Waals surface area contributed by atoms with Gasteiger partial charge in [0.25, 0.3) is 0 Å². The Bertz CT molecular complexity index is 296. The van der Waals surface area contributed by atoms with E-state index in [1.165, 1.54) is 12.8 Å². The first-order chi connectivity index (χ1) is 9.22. The molecule has 2 aliphatic rings. The molecule has 1 aliphatic carbocycles. The Morgan fingerprint density at radius 2 is 1.79 bits per heavy atom. The minimum absolute atomic E-state index is 0.00664. The van der Waals surface area contributed by atoms with E-state index < -0.39 is 0 Å². The number of nitriles is 1. The molecule has 1 aliphatic heterocycles. The summed E-state index contributed by atoms with van der Waals surface area (Å²) in [6.45, 7) is 6.25. The molecule has 1 saturated heterocycles. The Morgan fingerprint density at radius 3 is 2.32 bits per heavy atom. The second-order valence-electron chi connectivity index (χ2n) is 6.39. The van der Waals surface area contributed by atoms with Gasteiger partial charge < -0.3 is 9.47 Å². The summed E-state index contributed by atoms with van der Waals surface area (Å²) in [5, 5.41) is 8.92. The highest BCUT2D eigenvalue weighted by Crippen LogP contribution is 2.34. The maximum absolute atomic E-state index is 8.92. The minimum Gasteiger partial charge on any atom is -0.352 e. The maximum Gasteiger partial charge on any atom is 0.160 e. The Kier molecular flexibility index (Phi) is 5.66. The van der Waals surface area contributed by atoms with Gasteiger partial charge in [0, 0.05) is 17.8 Å². The zero-order valence-corrected chi connectivity index (χ0v) is 12.3. The van der Waals surface area contributed by atoms with Crippen LogP contribution in [-0.2, 0) is 9.47 Å². The molecule has 108 valence electrons. The molecule has 1 heterocycles. The number of rotatable bonds is 4. The molecule has 2 fully saturated rings. The van der Waals surface area contributed by atoms with Crippen LogP contribution in [0.1, 0.15) is 52.4 Å². The van der Waals surface area contributed by atoms with Crippen molar-refractivity contribution in [3.63, 3.8) is 0 Å². The first-order valence-electron chi connectivity index (χ1n) is 7.85. The average Bonchev–Trinajstić information content (AvgIpc) is 2.48. The Balaban J connectivity index is 1.70. The van der Waals surface area contributed by atoms with Crippen molar-refractivity contribution in [1.29, 1.82) is 5.26 Å². The topological polar surface area (TPSA) is 42.2 Å². The lowest BCUT2D eigenvalue weighted by molar-refractivity contribution is -0.230. The fraction of sp³-hybridized carbons (Fsp3) is 0.938. The molecule has 19 heavy (non-hydrogen) atoms. The number of hydrogen-bond acceptors (Lipinski definition) is 3. The van der Waals surface area contributed by atoms with Gasteiger partial charge in [-0.1, -0.05) is 20.3 Å². The van der Waals surface area contributed by atoms with Crippen LogP contribution in [0.3, 0.4) is 0 Å². The Hall–Kier alpha value is -0.590. The van der Waals surface area contributed by atoms with Crippen LogP contribution in [0.15, 0.2) is 0 Å². The molecule has 1 atom stereocenters. The van der Waals surface area contributed by atoms with E-state index in [0.717, 1.165) is 44.8 Å². The standard InChI is InChI=1S/C16H27NO2/c1-3-12(2)8-14-10-18-16(19-11-14)15-6-4-13(9-17)5-7-15/h12-16H,3-8,10-11H2,1-2H3/t12?,13?,14-,15?,16-. The maximum atomic E-state index is 8.92. The molecule has 2 rings (SSSR count). The number of ether oxygens (including phenoxy) is 2. The highest BCUT2D eigenvalue weighted by atomic mass is 16.7. The zero-order chi connectivity index (χ0) is 13.7. The van der Waals surface area contributed by atoms with Crippen LogP contribution in [0.5, 0.6) is 0 Å². The molecule has 1 unspecified atom stereocenters. The monoisotopic (exact) mass is 265 g/mol. The van der Waals surface area contributed by atoms with E-state index in [1.807, 2.05) is 0 Å². The molecule has 1 saturated carbocycles. The smallest absolute Gasteiger partial charge is 0.160 e. The van der Waals surface area contributed by atoms with Gasteiger partial charge in [0.15, 0.2) is 6.29 Å². The lowest BCUT2D eigenvalue weighted by Crippen LogP contribution is -2.38. The van der Waals surface area contributed by atoms with Gasteiger partial charge in [-0.05, 0) is 38.0 Å². The van der Waals surface area contributed by atoms with Crippen LogP contribution in [0.2, 0.25) is 0 Å². The third kappa shape index (κ3) is 4.19. The van der Waals surface area contributed by atoms with E-state index in [9.17, 15) is 0 Å². The first-order valence-corrected chi connectivity index (χ1v) is 7.85. The third-order valence-electron chi connectivity index (χ3n) is 4.76. The van der Waals surface area contributed by atoms with Crippen molar-refractivity contribution in [3.05, 3.63) is 0 Å². The molecular formula is C16H27NO2. The summed E-state index contributed by atoms with van der Waals surface area (Å²) in [4.78, 5) is 0. The summed E-state index contributed by atoms with van der Waals surface area (Å²) >= 11 is 0. The lowest BCUT2D eigenvalue weighted by Gasteiger charge is -2.37. The summed E-state index contributed by atoms with van der Waals surface area (Å²) < 4.78 is 11.9. The van der Waals surface area contributed by atoms with Gasteiger partial charge in [-0.25, -0.2) is 0 Å². The molecule has 0 spiro atoms. The Labute approximate surface area is 117 Å². The van der Waals surface area contributed by atoms with Crippen LogP contribution in [0, 0.1) is 35.0 Å². The van der Waals surface area contributed by atoms with Crippen molar-refractivity contribution in [3.8, 4) is 6.07 Å². The van der Waals surface area contributed by atoms with Gasteiger partial charge in [0.1, 0.15) is 0 Å². The SMILES string of the molecule is CCC(C)C[C@H]1CO[C@H](C2CCC(C#N)CC2)OC1. The van der Waals surface area contributed by atoms with Crippen LogP contribution in [0.25, 0.3) is 0 Å². The summed E-state index contributed by atoms with van der Waals surface area (Å²) in [6.07, 6.45) is 6.63. The predicted octanol–water partition coefficient (Wildman–Crippen LogP) is 3.74. The van der Waals surface area contributed by atoms with Gasteiger partial charge in [0.05, 0.1) is 19.3 Å². The molecule has 3 nitrogen and oxygen atoms in total. The normalized spacial score (nSPS) is 37.5. The minimum atomic E-state index is -0.00664. The summed E-state index contributed by atoms with van der Waals surface area (Å²) in [5.41, 5.74) is 0. The average molecular weight is 265 g/mol. The van der Waals surface area contributed by atoms with Gasteiger partial charge in [-0.2, -0.15) is 5.26 Å². The highest BCUT2D eigenvalue weighted by molar-refractivity contribution is 4.88. The van der Waals surface area contributed by atoms with Crippen LogP contribution in [0.4, 0.5) is 0 Å². The predicted molar refractivity (Wildman–Crippen MR) is 74.3 cm³/mol. The molecule has 0 bridgehead atoms. The zero-order valence-electron chi connectivity index (χ0n) is 12.3. The molecule has 0 aromatic rings. The van der Waals surface area contributed by atoms with Crippen molar-refractivity contribution in [1.82, 2.24) is 0 Å². The number of nitrogens with zero attached hydrogens (tertiary/aromatic N) is 1. The van der Waals surface area contributed by atoms with Crippen molar-refractivity contribution >= 4 is 0 Å². The van der Waals surface area contributed by atoms with Crippen molar-refractivity contribution in [2.75, 3.05) is 13.2 Å². The van der Waals surface area contributed by atoms with E-state index in [1.54, 1.807) is 0 Å². The second kappa shape index (κ2) is 7.26. The summed E-state index contributed by atoms with van der Waals surface area (Å²) in [7, 11) is 0. The molecule has 0 amide bonds. The molecule has 0 aromatic heterocycles. The summed E-state index contributed by atoms with van der Waals surface area (Å²) in [6, 6.07) is 2.38. The Morgan fingerprint density at radius 1 is 1.16 bits per heavy atom. The van der Waals surface area contributed by atoms with Gasteiger partial charge in [0.2, 0.25) is 0 Å². The van der Waals surface area contributed by atoms with E-state index in [0.29, 0.717) is 11.8 Å². The molecule has 3 heteroatoms. The van der Waals surface area contributed by atoms with Crippen LogP contribution in [-0.4, -0.2) is 19.5 Å². The van der Waals surface area contributed by atoms with E-state index in [4.69, 9.17) is 14.7 Å². The lowest BCUT2D eigenvalue weighted by atomic mass is 9.82. The first kappa shape index (κ1) is 14.8. The number of hydrogen-bond donors (Lipinski definition) is 0. The van der Waals surface area contributed by atoms with Crippen molar-refractivity contribution < 1.29 is 9.47 Å². The van der Waals surface area contributed by atoms with Gasteiger partial charge in [-0.15, -0.1) is 0 Å². The van der Waals surface area contributed by atoms with Gasteiger partial charge >= 0.3 is 0 Å². The van der Waals surface area contributed by atoms with Crippen molar-refractivity contribution in [2.45, 2.75) is 58.7 Å². The molecule has 0 N–H and O–H groups in total. The quantitative estimate of drug-likeness (QED) is 0.777. The molecule has 0 aromatic carbocycles. The molecular weight excluding hydrogens is 238 g/mol. The fourth-order valence-electron chi connectivity index (χ4n) is 3.22. The molecule has 0 radical (unpaired) electrons. The largest absolute Gasteiger partial charge is 0.352 e. The van der Waals surface area contributed by atoms with Gasteiger partial charge in [-0.3, -0.25) is 0 Å². The van der Waals surface area contributed by atoms with Crippen molar-refractivity contribution in [2.24, 2.45) is 23.7 Å². The van der Waals surface area contributed by atoms with Crippen LogP contribution >= 0.6 is 0 Å². The van der Waals surface area contributed by atoms with E-state index >= 15 is 0 Å². The van der Waals surface area contributed by atoms with Crippen LogP contribution < -0.4 is 0 Å². The second-order valence-corrected chi connectivity index (χ2v) is 6.39. The fourth-order valence-corrected chi connectivity index (χ4v) is 3.22. The van der Waals surface area contributed by atoms with E-state index in [2.05, 4.69) is 19.9 Å². The summed E-state index contributed by atoms with van der Waals surface area (Å²) in [5.74, 6) is 2.11. The highest BCUT2D eigenvalue weighted by Gasteiger charge is 2.32. The van der Waals surface area contributed by atoms with E-state index in [-0.39, 0.29) is 12.2 Å².